The van der Waals surface area contributed by atoms with Gasteiger partial charge in [-0.05, 0) is 11.6 Å². The number of aliphatic hydroxyl groups is 1. The Morgan fingerprint density at radius 3 is 2.48 bits per heavy atom. The van der Waals surface area contributed by atoms with E-state index < -0.39 is 42.7 Å². The van der Waals surface area contributed by atoms with Crippen molar-refractivity contribution >= 4 is 11.9 Å². The maximum atomic E-state index is 12.9. The van der Waals surface area contributed by atoms with Crippen LogP contribution in [0, 0.1) is 0 Å². The zero-order chi connectivity index (χ0) is 16.0. The van der Waals surface area contributed by atoms with Gasteiger partial charge in [-0.3, -0.25) is 4.79 Å². The van der Waals surface area contributed by atoms with E-state index in [-0.39, 0.29) is 5.56 Å². The van der Waals surface area contributed by atoms with Crippen molar-refractivity contribution in [1.29, 1.82) is 0 Å². The third-order valence-electron chi connectivity index (χ3n) is 2.71. The molecule has 5 nitrogen and oxygen atoms in total. The fraction of sp³-hybridized carbons (Fsp3) is 0.385. The number of aliphatic hydroxyl groups excluding tert-OH is 1. The lowest BCUT2D eigenvalue weighted by molar-refractivity contribution is -0.146. The number of halogens is 3. The van der Waals surface area contributed by atoms with Gasteiger partial charge in [0.25, 0.3) is 0 Å². The lowest BCUT2D eigenvalue weighted by Crippen LogP contribution is -2.44. The zero-order valence-corrected chi connectivity index (χ0v) is 11.1. The third-order valence-corrected chi connectivity index (χ3v) is 2.71. The number of ether oxygens (including phenoxy) is 1. The summed E-state index contributed by atoms with van der Waals surface area (Å²) < 4.78 is 43.0. The monoisotopic (exact) mass is 305 g/mol. The molecular formula is C13H14F3NO4. The van der Waals surface area contributed by atoms with E-state index in [0.717, 1.165) is 13.2 Å². The number of hydrogen-bond acceptors (Lipinski definition) is 4. The lowest BCUT2D eigenvalue weighted by Gasteiger charge is -2.18. The molecule has 0 unspecified atom stereocenters. The molecule has 0 saturated heterocycles. The fourth-order valence-electron chi connectivity index (χ4n) is 1.77. The van der Waals surface area contributed by atoms with E-state index in [4.69, 9.17) is 5.11 Å². The number of benzene rings is 1. The van der Waals surface area contributed by atoms with Gasteiger partial charge in [-0.2, -0.15) is 13.2 Å². The van der Waals surface area contributed by atoms with Gasteiger partial charge in [0, 0.05) is 6.42 Å². The average molecular weight is 305 g/mol. The number of carbonyl (C=O) groups excluding carboxylic acids is 2. The fourth-order valence-corrected chi connectivity index (χ4v) is 1.77. The molecule has 0 aliphatic carbocycles. The van der Waals surface area contributed by atoms with Gasteiger partial charge in [-0.1, -0.05) is 18.2 Å². The molecule has 0 spiro atoms. The van der Waals surface area contributed by atoms with E-state index in [1.807, 2.05) is 0 Å². The summed E-state index contributed by atoms with van der Waals surface area (Å²) in [6.45, 7) is -0.881. The molecule has 1 atom stereocenters. The SMILES string of the molecule is COC(=O)[C@H](Cc1ccccc1C(F)(F)F)NC(=O)CO. The van der Waals surface area contributed by atoms with E-state index in [9.17, 15) is 22.8 Å². The van der Waals surface area contributed by atoms with Crippen LogP contribution in [-0.4, -0.2) is 36.7 Å². The average Bonchev–Trinajstić information content (AvgIpc) is 2.44. The van der Waals surface area contributed by atoms with Crippen LogP contribution in [0.3, 0.4) is 0 Å². The molecule has 1 rings (SSSR count). The van der Waals surface area contributed by atoms with Crippen molar-refractivity contribution in [2.75, 3.05) is 13.7 Å². The summed E-state index contributed by atoms with van der Waals surface area (Å²) in [4.78, 5) is 22.7. The van der Waals surface area contributed by atoms with E-state index in [1.165, 1.54) is 18.2 Å². The van der Waals surface area contributed by atoms with Gasteiger partial charge in [0.1, 0.15) is 12.6 Å². The zero-order valence-electron chi connectivity index (χ0n) is 11.1. The highest BCUT2D eigenvalue weighted by molar-refractivity contribution is 5.85. The van der Waals surface area contributed by atoms with E-state index in [0.29, 0.717) is 0 Å². The van der Waals surface area contributed by atoms with Crippen molar-refractivity contribution in [3.8, 4) is 0 Å². The second kappa shape index (κ2) is 7.07. The molecule has 0 fully saturated rings. The largest absolute Gasteiger partial charge is 0.467 e. The summed E-state index contributed by atoms with van der Waals surface area (Å²) in [6.07, 6.45) is -4.97. The highest BCUT2D eigenvalue weighted by Gasteiger charge is 2.34. The van der Waals surface area contributed by atoms with E-state index in [2.05, 4.69) is 10.1 Å². The van der Waals surface area contributed by atoms with Gasteiger partial charge in [-0.15, -0.1) is 0 Å². The standard InChI is InChI=1S/C13H14F3NO4/c1-21-12(20)10(17-11(19)7-18)6-8-4-2-3-5-9(8)13(14,15)16/h2-5,10,18H,6-7H2,1H3,(H,17,19)/t10-/m0/s1. The van der Waals surface area contributed by atoms with Gasteiger partial charge in [0.2, 0.25) is 5.91 Å². The number of rotatable bonds is 5. The first-order valence-electron chi connectivity index (χ1n) is 5.92. The molecule has 0 bridgehead atoms. The predicted octanol–water partition coefficient (Wildman–Crippen LogP) is 0.898. The molecule has 0 radical (unpaired) electrons. The lowest BCUT2D eigenvalue weighted by atomic mass is 9.99. The van der Waals surface area contributed by atoms with Crippen LogP contribution >= 0.6 is 0 Å². The first-order valence-corrected chi connectivity index (χ1v) is 5.92. The molecule has 0 saturated carbocycles. The normalized spacial score (nSPS) is 12.6. The van der Waals surface area contributed by atoms with Crippen LogP contribution in [0.2, 0.25) is 0 Å². The van der Waals surface area contributed by atoms with Crippen LogP contribution in [0.15, 0.2) is 24.3 Å². The predicted molar refractivity (Wildman–Crippen MR) is 66.2 cm³/mol. The Morgan fingerprint density at radius 2 is 1.95 bits per heavy atom. The van der Waals surface area contributed by atoms with Gasteiger partial charge in [-0.25, -0.2) is 4.79 Å². The van der Waals surface area contributed by atoms with Crippen molar-refractivity contribution in [2.24, 2.45) is 0 Å². The Bertz CT molecular complexity index is 516. The van der Waals surface area contributed by atoms with Crippen molar-refractivity contribution in [1.82, 2.24) is 5.32 Å². The Hall–Kier alpha value is -2.09. The molecule has 0 aliphatic heterocycles. The van der Waals surface area contributed by atoms with Crippen LogP contribution < -0.4 is 5.32 Å². The smallest absolute Gasteiger partial charge is 0.416 e. The van der Waals surface area contributed by atoms with Crippen molar-refractivity contribution in [3.63, 3.8) is 0 Å². The van der Waals surface area contributed by atoms with Crippen molar-refractivity contribution in [2.45, 2.75) is 18.6 Å². The molecule has 21 heavy (non-hydrogen) atoms. The molecule has 1 aromatic carbocycles. The van der Waals surface area contributed by atoms with Crippen LogP contribution in [0.5, 0.6) is 0 Å². The highest BCUT2D eigenvalue weighted by Crippen LogP contribution is 2.32. The Morgan fingerprint density at radius 1 is 1.33 bits per heavy atom. The molecule has 0 aromatic heterocycles. The summed E-state index contributed by atoms with van der Waals surface area (Å²) in [5.41, 5.74) is -1.05. The molecule has 1 amide bonds. The minimum Gasteiger partial charge on any atom is -0.467 e. The highest BCUT2D eigenvalue weighted by atomic mass is 19.4. The number of methoxy groups -OCH3 is 1. The molecule has 2 N–H and O–H groups in total. The van der Waals surface area contributed by atoms with Gasteiger partial charge in [0.05, 0.1) is 12.7 Å². The molecular weight excluding hydrogens is 291 g/mol. The molecule has 1 aromatic rings. The van der Waals surface area contributed by atoms with Crippen molar-refractivity contribution in [3.05, 3.63) is 35.4 Å². The quantitative estimate of drug-likeness (QED) is 0.793. The molecule has 116 valence electrons. The second-order valence-electron chi connectivity index (χ2n) is 4.16. The van der Waals surface area contributed by atoms with Gasteiger partial charge < -0.3 is 15.2 Å². The van der Waals surface area contributed by atoms with Crippen LogP contribution in [0.25, 0.3) is 0 Å². The minimum atomic E-state index is -4.57. The van der Waals surface area contributed by atoms with Crippen molar-refractivity contribution < 1.29 is 32.6 Å². The maximum absolute atomic E-state index is 12.9. The summed E-state index contributed by atoms with van der Waals surface area (Å²) in [7, 11) is 1.05. The number of alkyl halides is 3. The maximum Gasteiger partial charge on any atom is 0.416 e. The summed E-state index contributed by atoms with van der Waals surface area (Å²) in [6, 6.07) is 3.41. The summed E-state index contributed by atoms with van der Waals surface area (Å²) in [5.74, 6) is -1.77. The van der Waals surface area contributed by atoms with E-state index >= 15 is 0 Å². The number of carbonyl (C=O) groups is 2. The summed E-state index contributed by atoms with van der Waals surface area (Å²) in [5, 5.41) is 10.8. The Kier molecular flexibility index (Phi) is 5.71. The molecule has 0 heterocycles. The van der Waals surface area contributed by atoms with Crippen LogP contribution in [0.4, 0.5) is 13.2 Å². The van der Waals surface area contributed by atoms with Crippen LogP contribution in [0.1, 0.15) is 11.1 Å². The number of hydrogen-bond donors (Lipinski definition) is 2. The van der Waals surface area contributed by atoms with E-state index in [1.54, 1.807) is 0 Å². The Balaban J connectivity index is 3.04. The number of nitrogens with one attached hydrogen (secondary N) is 1. The second-order valence-corrected chi connectivity index (χ2v) is 4.16. The van der Waals surface area contributed by atoms with Gasteiger partial charge >= 0.3 is 12.1 Å². The van der Waals surface area contributed by atoms with Crippen LogP contribution in [-0.2, 0) is 26.9 Å². The third kappa shape index (κ3) is 4.75. The first-order chi connectivity index (χ1) is 9.79. The number of esters is 1. The van der Waals surface area contributed by atoms with Gasteiger partial charge in [0.15, 0.2) is 0 Å². The minimum absolute atomic E-state index is 0.154. The molecule has 0 aliphatic rings. The number of amides is 1. The topological polar surface area (TPSA) is 75.6 Å². The Labute approximate surface area is 118 Å². The first kappa shape index (κ1) is 17.0. The molecule has 8 heteroatoms. The summed E-state index contributed by atoms with van der Waals surface area (Å²) >= 11 is 0.